The molecular formula is C93H114Cl8F3N19O6. The Kier molecular flexibility index (Phi) is 37.9. The SMILES string of the molecule is COCCN(C)C1CCN(C(=O)c2ncnc(NCc3ccc(Cl)c(Cl)c3)c2C)CC1.Cc1c(CCc2ccc(Cl)c(Cl)c2)ncnc1C(=O)N1CCC(N(C)CC#N)CC1.Cc1c(CCc2ccc(Cl)c(Cl)c2)ncnc1C(=O)N1CCC(N2CCC(C(F)(F)F)CC2)CC1.Cc1c(NCc2ccc(Cl)c(Cl)c2)ncnc1C(=O)N1CCC(N(C)CC2(C)COC2)CC1. The van der Waals surface area contributed by atoms with Crippen LogP contribution in [0.1, 0.15) is 169 Å². The fourth-order valence-electron chi connectivity index (χ4n) is 17.3. The number of benzene rings is 4. The second-order valence-corrected chi connectivity index (χ2v) is 37.6. The van der Waals surface area contributed by atoms with Crippen LogP contribution in [-0.2, 0) is 48.2 Å². The molecule has 6 fully saturated rings. The molecule has 0 radical (unpaired) electrons. The maximum absolute atomic E-state index is 13.2. The lowest BCUT2D eigenvalue weighted by Crippen LogP contribution is -2.52. The van der Waals surface area contributed by atoms with Gasteiger partial charge >= 0.3 is 6.18 Å². The van der Waals surface area contributed by atoms with Crippen molar-refractivity contribution in [2.45, 2.75) is 168 Å². The van der Waals surface area contributed by atoms with Crippen molar-refractivity contribution in [3.63, 3.8) is 0 Å². The van der Waals surface area contributed by atoms with Crippen LogP contribution in [0.5, 0.6) is 0 Å². The lowest BCUT2D eigenvalue weighted by Gasteiger charge is -2.44. The van der Waals surface area contributed by atoms with Crippen molar-refractivity contribution in [1.82, 2.24) is 79.1 Å². The van der Waals surface area contributed by atoms with E-state index in [1.165, 1.54) is 25.3 Å². The molecule has 10 heterocycles. The van der Waals surface area contributed by atoms with Crippen LogP contribution in [0.15, 0.2) is 98.1 Å². The molecule has 36 heteroatoms. The zero-order chi connectivity index (χ0) is 92.8. The standard InChI is InChI=1S/C25H29Cl2F3N4O.C24H31Cl2N5O2.C22H29Cl2N5O2.C22H25Cl2N5O/c1-16-22(5-3-17-2-4-20(26)21(27)14-17)31-15-32-23(16)24(35)34-12-8-19(9-13-34)33-10-6-18(7-11-33)25(28,29)30;1-16-21(28-15-29-22(16)27-11-17-4-5-19(25)20(26)10-17)23(32)31-8-6-18(7-9-31)30(3)12-24(2)13-33-14-24;1-15-20(22(30)29-8-6-17(7-9-29)28(2)10-11-31-3)26-14-27-21(15)25-13-16-4-5-18(23)19(24)12-16;1-15-20(6-4-16-3-5-18(23)19(24)13-16)26-14-27-21(15)22(30)29-10-7-17(8-11-29)28(2)12-9-25/h2,4,14-15,18-19H,3,5-13H2,1H3;4-5,10,15,18H,6-9,11-14H2,1-3H3,(H,27,28,29);4-5,12,14,17H,6-11,13H2,1-3H3,(H,25,26,27);3,5,13-14,17H,4,6-8,10-12H2,1-2H3. The number of ether oxygens (including phenoxy) is 2. The van der Waals surface area contributed by atoms with Crippen LogP contribution in [0.3, 0.4) is 0 Å². The molecule has 6 aliphatic rings. The van der Waals surface area contributed by atoms with Gasteiger partial charge < -0.3 is 54.4 Å². The van der Waals surface area contributed by atoms with E-state index in [0.717, 1.165) is 166 Å². The Morgan fingerprint density at radius 2 is 0.806 bits per heavy atom. The number of aryl methyl sites for hydroxylation is 4. The zero-order valence-corrected chi connectivity index (χ0v) is 80.5. The summed E-state index contributed by atoms with van der Waals surface area (Å²) in [4.78, 5) is 104. The highest BCUT2D eigenvalue weighted by molar-refractivity contribution is 6.43. The summed E-state index contributed by atoms with van der Waals surface area (Å²) in [5.74, 6) is -0.152. The van der Waals surface area contributed by atoms with Gasteiger partial charge in [0, 0.05) is 149 Å². The number of alkyl halides is 3. The Morgan fingerprint density at radius 3 is 1.16 bits per heavy atom. The quantitative estimate of drug-likeness (QED) is 0.0477. The predicted molar refractivity (Wildman–Crippen MR) is 503 cm³/mol. The van der Waals surface area contributed by atoms with E-state index in [9.17, 15) is 32.3 Å². The van der Waals surface area contributed by atoms with Crippen LogP contribution in [0.2, 0.25) is 40.2 Å². The van der Waals surface area contributed by atoms with Gasteiger partial charge in [-0.15, -0.1) is 0 Å². The van der Waals surface area contributed by atoms with E-state index in [1.54, 1.807) is 36.3 Å². The number of piperidine rings is 5. The molecule has 8 aromatic rings. The summed E-state index contributed by atoms with van der Waals surface area (Å²) < 4.78 is 49.4. The minimum absolute atomic E-state index is 0.0343. The number of aromatic nitrogens is 8. The predicted octanol–water partition coefficient (Wildman–Crippen LogP) is 17.9. The molecule has 0 spiro atoms. The Hall–Kier alpha value is -7.96. The van der Waals surface area contributed by atoms with Gasteiger partial charge in [0.05, 0.1) is 78.5 Å². The van der Waals surface area contributed by atoms with E-state index < -0.39 is 12.1 Å². The first-order valence-electron chi connectivity index (χ1n) is 43.7. The maximum atomic E-state index is 13.2. The lowest BCUT2D eigenvalue weighted by molar-refractivity contribution is -0.186. The van der Waals surface area contributed by atoms with E-state index >= 15 is 0 Å². The molecule has 0 unspecified atom stereocenters. The number of halogens is 11. The second kappa shape index (κ2) is 48.1. The van der Waals surface area contributed by atoms with Crippen LogP contribution in [0.4, 0.5) is 24.8 Å². The van der Waals surface area contributed by atoms with Crippen LogP contribution in [0.25, 0.3) is 0 Å². The Labute approximate surface area is 794 Å². The molecule has 6 aliphatic heterocycles. The molecule has 0 saturated carbocycles. The first-order valence-corrected chi connectivity index (χ1v) is 46.7. The minimum atomic E-state index is -4.10. The molecule has 2 N–H and O–H groups in total. The second-order valence-electron chi connectivity index (χ2n) is 34.4. The van der Waals surface area contributed by atoms with Gasteiger partial charge in [-0.3, -0.25) is 24.1 Å². The third kappa shape index (κ3) is 28.1. The van der Waals surface area contributed by atoms with Crippen LogP contribution >= 0.6 is 92.8 Å². The van der Waals surface area contributed by atoms with Gasteiger partial charge in [-0.2, -0.15) is 18.4 Å². The van der Waals surface area contributed by atoms with Gasteiger partial charge in [0.25, 0.3) is 23.6 Å². The van der Waals surface area contributed by atoms with Crippen molar-refractivity contribution in [3.8, 4) is 6.07 Å². The van der Waals surface area contributed by atoms with E-state index in [2.05, 4.69) is 97.2 Å². The fraction of sp³-hybridized carbons (Fsp3) is 0.516. The van der Waals surface area contributed by atoms with Crippen molar-refractivity contribution in [2.24, 2.45) is 11.3 Å². The van der Waals surface area contributed by atoms with Gasteiger partial charge in [0.15, 0.2) is 0 Å². The van der Waals surface area contributed by atoms with Crippen molar-refractivity contribution in [2.75, 3.05) is 144 Å². The third-order valence-electron chi connectivity index (χ3n) is 25.4. The number of carbonyl (C=O) groups is 4. The number of carbonyl (C=O) groups excluding carboxylic acids is 4. The number of nitriles is 1. The van der Waals surface area contributed by atoms with E-state index in [0.29, 0.717) is 177 Å². The molecular weight excluding hydrogens is 1820 g/mol. The topological polar surface area (TPSA) is 264 Å². The molecule has 0 aliphatic carbocycles. The average molecular weight is 1930 g/mol. The maximum Gasteiger partial charge on any atom is 0.391 e. The zero-order valence-electron chi connectivity index (χ0n) is 74.5. The summed E-state index contributed by atoms with van der Waals surface area (Å²) in [6.45, 7) is 21.9. The highest BCUT2D eigenvalue weighted by atomic mass is 35.5. The summed E-state index contributed by atoms with van der Waals surface area (Å²) in [5.41, 5.74) is 10.9. The van der Waals surface area contributed by atoms with Crippen molar-refractivity contribution < 1.29 is 41.8 Å². The Balaban J connectivity index is 0.000000167. The van der Waals surface area contributed by atoms with Gasteiger partial charge in [0.1, 0.15) is 59.7 Å². The van der Waals surface area contributed by atoms with E-state index in [1.807, 2.05) is 98.0 Å². The summed E-state index contributed by atoms with van der Waals surface area (Å²) in [6.07, 6.45) is 11.8. The molecule has 129 heavy (non-hydrogen) atoms. The molecule has 4 amide bonds. The Bertz CT molecular complexity index is 5180. The molecule has 694 valence electrons. The molecule has 25 nitrogen and oxygen atoms in total. The van der Waals surface area contributed by atoms with E-state index in [4.69, 9.17) is 108 Å². The number of likely N-dealkylation sites (tertiary alicyclic amines) is 5. The smallest absolute Gasteiger partial charge is 0.383 e. The van der Waals surface area contributed by atoms with Crippen molar-refractivity contribution >= 4 is 128 Å². The number of likely N-dealkylation sites (N-methyl/N-ethyl adjacent to an activating group) is 1. The minimum Gasteiger partial charge on any atom is -0.383 e. The monoisotopic (exact) mass is 1930 g/mol. The van der Waals surface area contributed by atoms with Crippen LogP contribution in [0, 0.1) is 50.4 Å². The molecule has 14 rings (SSSR count). The summed E-state index contributed by atoms with van der Waals surface area (Å²) in [5, 5.41) is 19.6. The first kappa shape index (κ1) is 102. The first-order chi connectivity index (χ1) is 61.7. The van der Waals surface area contributed by atoms with Crippen LogP contribution < -0.4 is 10.6 Å². The third-order valence-corrected chi connectivity index (χ3v) is 28.4. The summed E-state index contributed by atoms with van der Waals surface area (Å²) in [7, 11) is 7.97. The molecule has 0 atom stereocenters. The van der Waals surface area contributed by atoms with E-state index in [-0.39, 0.29) is 47.9 Å². The van der Waals surface area contributed by atoms with Gasteiger partial charge in [-0.1, -0.05) is 124 Å². The van der Waals surface area contributed by atoms with Crippen molar-refractivity contribution in [1.29, 1.82) is 5.26 Å². The number of methoxy groups -OCH3 is 1. The number of nitrogens with one attached hydrogen (secondary N) is 2. The lowest BCUT2D eigenvalue weighted by atomic mass is 9.87. The molecule has 4 aromatic carbocycles. The molecule has 4 aromatic heterocycles. The number of nitrogens with zero attached hydrogens (tertiary/aromatic N) is 17. The molecule has 0 bridgehead atoms. The summed E-state index contributed by atoms with van der Waals surface area (Å²) in [6, 6.07) is 25.8. The summed E-state index contributed by atoms with van der Waals surface area (Å²) >= 11 is 48.3. The van der Waals surface area contributed by atoms with Crippen LogP contribution in [-0.4, -0.2) is 266 Å². The van der Waals surface area contributed by atoms with Gasteiger partial charge in [-0.25, -0.2) is 39.9 Å². The average Bonchev–Trinajstić information content (AvgIpc) is 0.832. The van der Waals surface area contributed by atoms with Gasteiger partial charge in [-0.05, 0) is 223 Å². The highest BCUT2D eigenvalue weighted by Gasteiger charge is 2.43. The van der Waals surface area contributed by atoms with Crippen molar-refractivity contribution in [3.05, 3.63) is 217 Å². The number of anilines is 2. The van der Waals surface area contributed by atoms with Gasteiger partial charge in [0.2, 0.25) is 0 Å². The normalized spacial score (nSPS) is 16.8. The Morgan fingerprint density at radius 1 is 0.465 bits per heavy atom. The fourth-order valence-corrected chi connectivity index (χ4v) is 18.6. The number of hydrogen-bond donors (Lipinski definition) is 2. The number of hydrogen-bond acceptors (Lipinski definition) is 21. The molecule has 6 saturated heterocycles. The largest absolute Gasteiger partial charge is 0.391 e. The highest BCUT2D eigenvalue weighted by Crippen LogP contribution is 2.38. The number of amides is 4. The number of rotatable bonds is 26.